The topological polar surface area (TPSA) is 83.6 Å². The molecule has 0 amide bonds. The Balaban J connectivity index is 3.90. The molecule has 0 atom stereocenters. The van der Waals surface area contributed by atoms with Crippen LogP contribution >= 0.6 is 7.60 Å². The lowest BCUT2D eigenvalue weighted by molar-refractivity contribution is 0.380. The molecule has 0 unspecified atom stereocenters. The third kappa shape index (κ3) is 3.43. The van der Waals surface area contributed by atoms with Crippen LogP contribution in [0.5, 0.6) is 0 Å². The van der Waals surface area contributed by atoms with Gasteiger partial charge < -0.3 is 15.5 Å². The second kappa shape index (κ2) is 3.13. The molecule has 0 saturated carbocycles. The fourth-order valence-electron chi connectivity index (χ4n) is 0.312. The maximum Gasteiger partial charge on any atom is 0.351 e. The molecule has 0 aromatic rings. The molecular formula is C4H10NO3P. The number of rotatable bonds is 3. The molecule has 0 aromatic heterocycles. The molecule has 9 heavy (non-hydrogen) atoms. The van der Waals surface area contributed by atoms with Crippen LogP contribution in [-0.4, -0.2) is 16.3 Å². The molecule has 0 heterocycles. The van der Waals surface area contributed by atoms with Crippen LogP contribution in [0.1, 0.15) is 6.42 Å². The Morgan fingerprint density at radius 2 is 2.11 bits per heavy atom. The van der Waals surface area contributed by atoms with Gasteiger partial charge in [-0.1, -0.05) is 6.58 Å². The number of nitrogens with two attached hydrogens (primary N) is 1. The van der Waals surface area contributed by atoms with Crippen LogP contribution in [0.3, 0.4) is 0 Å². The van der Waals surface area contributed by atoms with Crippen molar-refractivity contribution in [2.75, 3.05) is 6.54 Å². The van der Waals surface area contributed by atoms with Gasteiger partial charge in [0.15, 0.2) is 0 Å². The molecule has 0 saturated heterocycles. The maximum absolute atomic E-state index is 10.3. The molecule has 4 nitrogen and oxygen atoms in total. The van der Waals surface area contributed by atoms with Crippen molar-refractivity contribution in [2.45, 2.75) is 6.42 Å². The van der Waals surface area contributed by atoms with Gasteiger partial charge in [-0.25, -0.2) is 0 Å². The lowest BCUT2D eigenvalue weighted by Gasteiger charge is -2.03. The lowest BCUT2D eigenvalue weighted by atomic mass is 10.4. The predicted octanol–water partition coefficient (Wildman–Crippen LogP) is 0.0266. The molecule has 0 aromatic carbocycles. The summed E-state index contributed by atoms with van der Waals surface area (Å²) in [6.07, 6.45) is 0.185. The molecule has 54 valence electrons. The Kier molecular flexibility index (Phi) is 3.08. The SMILES string of the molecule is C=C(CCN)P(=O)(O)O. The first kappa shape index (κ1) is 8.85. The van der Waals surface area contributed by atoms with E-state index in [1.54, 1.807) is 0 Å². The minimum absolute atomic E-state index is 0.0926. The summed E-state index contributed by atoms with van der Waals surface area (Å²) in [7, 11) is -4.05. The van der Waals surface area contributed by atoms with Gasteiger partial charge in [0.1, 0.15) is 0 Å². The highest BCUT2D eigenvalue weighted by Gasteiger charge is 2.16. The number of hydrogen-bond donors (Lipinski definition) is 3. The van der Waals surface area contributed by atoms with Gasteiger partial charge in [-0.2, -0.15) is 0 Å². The van der Waals surface area contributed by atoms with E-state index in [4.69, 9.17) is 15.5 Å². The molecular weight excluding hydrogens is 141 g/mol. The van der Waals surface area contributed by atoms with E-state index in [1.807, 2.05) is 0 Å². The van der Waals surface area contributed by atoms with Crippen LogP contribution in [0.4, 0.5) is 0 Å². The normalized spacial score (nSPS) is 11.4. The van der Waals surface area contributed by atoms with Crippen LogP contribution in [0.2, 0.25) is 0 Å². The summed E-state index contributed by atoms with van der Waals surface area (Å²) in [5, 5.41) is -0.0926. The molecule has 4 N–H and O–H groups in total. The van der Waals surface area contributed by atoms with E-state index >= 15 is 0 Å². The first-order valence-corrected chi connectivity index (χ1v) is 4.03. The largest absolute Gasteiger partial charge is 0.351 e. The summed E-state index contributed by atoms with van der Waals surface area (Å²) in [6.45, 7) is 3.40. The molecule has 0 bridgehead atoms. The summed E-state index contributed by atoms with van der Waals surface area (Å²) in [6, 6.07) is 0. The van der Waals surface area contributed by atoms with Crippen molar-refractivity contribution in [3.63, 3.8) is 0 Å². The lowest BCUT2D eigenvalue weighted by Crippen LogP contribution is -1.99. The summed E-state index contributed by atoms with van der Waals surface area (Å²) in [4.78, 5) is 16.7. The van der Waals surface area contributed by atoms with Crippen molar-refractivity contribution >= 4 is 7.60 Å². The van der Waals surface area contributed by atoms with Gasteiger partial charge in [-0.15, -0.1) is 0 Å². The summed E-state index contributed by atoms with van der Waals surface area (Å²) >= 11 is 0. The van der Waals surface area contributed by atoms with Gasteiger partial charge in [0, 0.05) is 5.31 Å². The van der Waals surface area contributed by atoms with Gasteiger partial charge in [0.25, 0.3) is 0 Å². The second-order valence-corrected chi connectivity index (χ2v) is 3.37. The summed E-state index contributed by atoms with van der Waals surface area (Å²) in [5.74, 6) is 0. The van der Waals surface area contributed by atoms with Crippen LogP contribution in [0, 0.1) is 0 Å². The molecule has 0 radical (unpaired) electrons. The molecule has 5 heteroatoms. The van der Waals surface area contributed by atoms with Crippen molar-refractivity contribution in [3.8, 4) is 0 Å². The maximum atomic E-state index is 10.3. The predicted molar refractivity (Wildman–Crippen MR) is 34.9 cm³/mol. The third-order valence-electron chi connectivity index (χ3n) is 0.845. The van der Waals surface area contributed by atoms with E-state index in [0.29, 0.717) is 0 Å². The Bertz CT molecular complexity index is 150. The Morgan fingerprint density at radius 1 is 1.67 bits per heavy atom. The third-order valence-corrected chi connectivity index (χ3v) is 1.89. The second-order valence-electron chi connectivity index (χ2n) is 1.65. The Hall–Kier alpha value is -0.150. The average molecular weight is 151 g/mol. The molecule has 0 fully saturated rings. The fourth-order valence-corrected chi connectivity index (χ4v) is 0.733. The molecule has 0 aliphatic rings. The molecule has 0 aliphatic heterocycles. The van der Waals surface area contributed by atoms with Crippen molar-refractivity contribution < 1.29 is 14.4 Å². The minimum atomic E-state index is -4.05. The van der Waals surface area contributed by atoms with Gasteiger partial charge in [-0.05, 0) is 13.0 Å². The van der Waals surface area contributed by atoms with Crippen LogP contribution in [-0.2, 0) is 4.57 Å². The van der Waals surface area contributed by atoms with Crippen LogP contribution in [0.15, 0.2) is 11.9 Å². The first-order valence-electron chi connectivity index (χ1n) is 2.42. The zero-order chi connectivity index (χ0) is 7.49. The van der Waals surface area contributed by atoms with Crippen molar-refractivity contribution in [1.82, 2.24) is 0 Å². The van der Waals surface area contributed by atoms with E-state index in [1.165, 1.54) is 0 Å². The highest BCUT2D eigenvalue weighted by Crippen LogP contribution is 2.44. The smallest absolute Gasteiger partial charge is 0.330 e. The van der Waals surface area contributed by atoms with E-state index in [-0.39, 0.29) is 18.3 Å². The van der Waals surface area contributed by atoms with Crippen molar-refractivity contribution in [2.24, 2.45) is 5.73 Å². The van der Waals surface area contributed by atoms with Crippen LogP contribution in [0.25, 0.3) is 0 Å². The van der Waals surface area contributed by atoms with E-state index in [0.717, 1.165) is 0 Å². The van der Waals surface area contributed by atoms with Gasteiger partial charge in [-0.3, -0.25) is 4.57 Å². The molecule has 0 aliphatic carbocycles. The fraction of sp³-hybridized carbons (Fsp3) is 0.500. The summed E-state index contributed by atoms with van der Waals surface area (Å²) < 4.78 is 10.3. The molecule has 0 rings (SSSR count). The number of hydrogen-bond acceptors (Lipinski definition) is 2. The Morgan fingerprint density at radius 3 is 2.22 bits per heavy atom. The monoisotopic (exact) mass is 151 g/mol. The van der Waals surface area contributed by atoms with E-state index < -0.39 is 7.60 Å². The van der Waals surface area contributed by atoms with Crippen LogP contribution < -0.4 is 5.73 Å². The van der Waals surface area contributed by atoms with Crippen molar-refractivity contribution in [1.29, 1.82) is 0 Å². The first-order chi connectivity index (χ1) is 3.98. The standard InChI is InChI=1S/C4H10NO3P/c1-4(2-3-5)9(6,7)8/h1-3,5H2,(H2,6,7,8). The molecule has 0 spiro atoms. The van der Waals surface area contributed by atoms with E-state index in [2.05, 4.69) is 6.58 Å². The Labute approximate surface area is 53.5 Å². The zero-order valence-corrected chi connectivity index (χ0v) is 5.84. The van der Waals surface area contributed by atoms with Crippen molar-refractivity contribution in [3.05, 3.63) is 11.9 Å². The average Bonchev–Trinajstić information content (AvgIpc) is 1.64. The van der Waals surface area contributed by atoms with Gasteiger partial charge >= 0.3 is 7.60 Å². The minimum Gasteiger partial charge on any atom is -0.330 e. The highest BCUT2D eigenvalue weighted by molar-refractivity contribution is 7.56. The zero-order valence-electron chi connectivity index (χ0n) is 4.95. The van der Waals surface area contributed by atoms with Gasteiger partial charge in [0.05, 0.1) is 0 Å². The highest BCUT2D eigenvalue weighted by atomic mass is 31.2. The van der Waals surface area contributed by atoms with Gasteiger partial charge in [0.2, 0.25) is 0 Å². The quantitative estimate of drug-likeness (QED) is 0.497. The summed E-state index contributed by atoms with van der Waals surface area (Å²) in [5.41, 5.74) is 5.02. The van der Waals surface area contributed by atoms with E-state index in [9.17, 15) is 4.57 Å².